The average molecular weight is 410 g/mol. The van der Waals surface area contributed by atoms with E-state index in [0.29, 0.717) is 29.0 Å². The maximum Gasteiger partial charge on any atom is 0.227 e. The van der Waals surface area contributed by atoms with E-state index in [1.807, 2.05) is 66.7 Å². The summed E-state index contributed by atoms with van der Waals surface area (Å²) in [6.45, 7) is 0.369. The van der Waals surface area contributed by atoms with Crippen molar-refractivity contribution < 1.29 is 9.21 Å². The molecule has 2 heterocycles. The molecule has 1 amide bonds. The molecule has 0 spiro atoms. The van der Waals surface area contributed by atoms with E-state index < -0.39 is 0 Å². The number of oxazole rings is 1. The molecule has 0 atom stereocenters. The van der Waals surface area contributed by atoms with Crippen LogP contribution in [0.4, 0.5) is 5.69 Å². The van der Waals surface area contributed by atoms with Crippen LogP contribution in [0.25, 0.3) is 33.5 Å². The molecule has 0 saturated heterocycles. The highest BCUT2D eigenvalue weighted by Gasteiger charge is 2.09. The van der Waals surface area contributed by atoms with Crippen LogP contribution < -0.4 is 10.7 Å². The molecule has 0 radical (unpaired) electrons. The summed E-state index contributed by atoms with van der Waals surface area (Å²) in [6.07, 6.45) is 1.51. The molecule has 5 rings (SSSR count). The first-order valence-electron chi connectivity index (χ1n) is 9.88. The van der Waals surface area contributed by atoms with Gasteiger partial charge in [0.1, 0.15) is 5.52 Å². The van der Waals surface area contributed by atoms with Gasteiger partial charge in [0.15, 0.2) is 5.58 Å². The van der Waals surface area contributed by atoms with Gasteiger partial charge in [-0.2, -0.15) is 5.10 Å². The largest absolute Gasteiger partial charge is 0.436 e. The third-order valence-corrected chi connectivity index (χ3v) is 5.02. The number of para-hydroxylation sites is 3. The molecular formula is C24H18N4O3. The highest BCUT2D eigenvalue weighted by Crippen LogP contribution is 2.25. The zero-order chi connectivity index (χ0) is 21.2. The van der Waals surface area contributed by atoms with E-state index in [1.165, 1.54) is 6.20 Å². The molecule has 152 valence electrons. The van der Waals surface area contributed by atoms with E-state index in [2.05, 4.69) is 15.4 Å². The summed E-state index contributed by atoms with van der Waals surface area (Å²) in [5.41, 5.74) is 3.64. The van der Waals surface area contributed by atoms with Gasteiger partial charge in [0.2, 0.25) is 17.2 Å². The second kappa shape index (κ2) is 7.87. The maximum atomic E-state index is 12.4. The van der Waals surface area contributed by atoms with Crippen LogP contribution in [0.3, 0.4) is 0 Å². The number of amides is 1. The van der Waals surface area contributed by atoms with Crippen LogP contribution >= 0.6 is 0 Å². The SMILES string of the molecule is O=C(CCn1ncc(=O)c2ccccc21)Nc1ccc(-c2nc3ccccc3o2)cc1. The molecule has 5 aromatic rings. The fourth-order valence-electron chi connectivity index (χ4n) is 3.46. The van der Waals surface area contributed by atoms with Crippen molar-refractivity contribution in [1.82, 2.24) is 14.8 Å². The van der Waals surface area contributed by atoms with Crippen molar-refractivity contribution in [3.8, 4) is 11.5 Å². The predicted molar refractivity (Wildman–Crippen MR) is 119 cm³/mol. The van der Waals surface area contributed by atoms with Crippen molar-refractivity contribution in [3.63, 3.8) is 0 Å². The standard InChI is InChI=1S/C24H18N4O3/c29-21-15-25-28(20-7-3-1-5-18(20)21)14-13-23(30)26-17-11-9-16(10-12-17)24-27-19-6-2-4-8-22(19)31-24/h1-12,15H,13-14H2,(H,26,30). The van der Waals surface area contributed by atoms with Gasteiger partial charge < -0.3 is 9.73 Å². The van der Waals surface area contributed by atoms with Crippen molar-refractivity contribution in [2.75, 3.05) is 5.32 Å². The maximum absolute atomic E-state index is 12.4. The van der Waals surface area contributed by atoms with Crippen LogP contribution in [0, 0.1) is 0 Å². The Morgan fingerprint density at radius 3 is 2.58 bits per heavy atom. The molecule has 1 N–H and O–H groups in total. The molecule has 7 heteroatoms. The predicted octanol–water partition coefficient (Wildman–Crippen LogP) is 4.23. The number of aryl methyl sites for hydroxylation is 1. The number of fused-ring (bicyclic) bond motifs is 2. The topological polar surface area (TPSA) is 90.0 Å². The van der Waals surface area contributed by atoms with Gasteiger partial charge in [0.25, 0.3) is 0 Å². The first-order valence-corrected chi connectivity index (χ1v) is 9.88. The second-order valence-corrected chi connectivity index (χ2v) is 7.11. The number of rotatable bonds is 5. The fourth-order valence-corrected chi connectivity index (χ4v) is 3.46. The number of benzene rings is 3. The van der Waals surface area contributed by atoms with Crippen LogP contribution in [0.1, 0.15) is 6.42 Å². The zero-order valence-corrected chi connectivity index (χ0v) is 16.5. The van der Waals surface area contributed by atoms with Crippen molar-refractivity contribution in [2.24, 2.45) is 0 Å². The van der Waals surface area contributed by atoms with Gasteiger partial charge in [0.05, 0.1) is 18.3 Å². The number of hydrogen-bond donors (Lipinski definition) is 1. The Kier molecular flexibility index (Phi) is 4.76. The van der Waals surface area contributed by atoms with Crippen molar-refractivity contribution in [3.05, 3.63) is 89.2 Å². The van der Waals surface area contributed by atoms with Crippen molar-refractivity contribution in [2.45, 2.75) is 13.0 Å². The van der Waals surface area contributed by atoms with Crippen LogP contribution in [-0.4, -0.2) is 20.7 Å². The average Bonchev–Trinajstić information content (AvgIpc) is 3.24. The Morgan fingerprint density at radius 2 is 1.74 bits per heavy atom. The van der Waals surface area contributed by atoms with Crippen LogP contribution in [-0.2, 0) is 11.3 Å². The Hall–Kier alpha value is -4.26. The number of aromatic nitrogens is 3. The summed E-state index contributed by atoms with van der Waals surface area (Å²) in [6, 6.07) is 22.2. The van der Waals surface area contributed by atoms with Crippen LogP contribution in [0.2, 0.25) is 0 Å². The van der Waals surface area contributed by atoms with Gasteiger partial charge >= 0.3 is 0 Å². The molecule has 31 heavy (non-hydrogen) atoms. The number of anilines is 1. The Bertz CT molecular complexity index is 1420. The first-order chi connectivity index (χ1) is 15.2. The third-order valence-electron chi connectivity index (χ3n) is 5.02. The summed E-state index contributed by atoms with van der Waals surface area (Å²) in [5, 5.41) is 7.63. The molecule has 0 saturated carbocycles. The lowest BCUT2D eigenvalue weighted by Crippen LogP contribution is -2.18. The van der Waals surface area contributed by atoms with Gasteiger partial charge in [-0.05, 0) is 48.5 Å². The molecule has 0 aliphatic heterocycles. The van der Waals surface area contributed by atoms with Gasteiger partial charge in [-0.15, -0.1) is 0 Å². The fraction of sp³-hybridized carbons (Fsp3) is 0.0833. The summed E-state index contributed by atoms with van der Waals surface area (Å²) in [5.74, 6) is 0.398. The molecule has 7 nitrogen and oxygen atoms in total. The summed E-state index contributed by atoms with van der Waals surface area (Å²) in [4.78, 5) is 28.8. The van der Waals surface area contributed by atoms with Crippen molar-refractivity contribution in [1.29, 1.82) is 0 Å². The van der Waals surface area contributed by atoms with E-state index in [1.54, 1.807) is 10.7 Å². The van der Waals surface area contributed by atoms with Gasteiger partial charge in [0, 0.05) is 23.1 Å². The third kappa shape index (κ3) is 3.81. The minimum atomic E-state index is -0.140. The van der Waals surface area contributed by atoms with Gasteiger partial charge in [-0.1, -0.05) is 24.3 Å². The van der Waals surface area contributed by atoms with E-state index in [9.17, 15) is 9.59 Å². The minimum Gasteiger partial charge on any atom is -0.436 e. The van der Waals surface area contributed by atoms with E-state index >= 15 is 0 Å². The van der Waals surface area contributed by atoms with Gasteiger partial charge in [-0.25, -0.2) is 4.98 Å². The smallest absolute Gasteiger partial charge is 0.227 e. The highest BCUT2D eigenvalue weighted by atomic mass is 16.3. The lowest BCUT2D eigenvalue weighted by atomic mass is 10.2. The molecule has 0 fully saturated rings. The Morgan fingerprint density at radius 1 is 0.968 bits per heavy atom. The minimum absolute atomic E-state index is 0.129. The normalized spacial score (nSPS) is 11.1. The molecule has 0 bridgehead atoms. The molecule has 0 aliphatic carbocycles. The molecule has 2 aromatic heterocycles. The molecular weight excluding hydrogens is 392 g/mol. The highest BCUT2D eigenvalue weighted by molar-refractivity contribution is 5.91. The monoisotopic (exact) mass is 410 g/mol. The summed E-state index contributed by atoms with van der Waals surface area (Å²) in [7, 11) is 0. The lowest BCUT2D eigenvalue weighted by Gasteiger charge is -2.09. The van der Waals surface area contributed by atoms with E-state index in [0.717, 1.165) is 16.7 Å². The zero-order valence-electron chi connectivity index (χ0n) is 16.5. The molecule has 0 unspecified atom stereocenters. The summed E-state index contributed by atoms with van der Waals surface area (Å²) >= 11 is 0. The van der Waals surface area contributed by atoms with E-state index in [4.69, 9.17) is 4.42 Å². The molecule has 3 aromatic carbocycles. The van der Waals surface area contributed by atoms with E-state index in [-0.39, 0.29) is 17.8 Å². The number of hydrogen-bond acceptors (Lipinski definition) is 5. The number of carbonyl (C=O) groups excluding carboxylic acids is 1. The Labute approximate surface area is 177 Å². The number of nitrogens with zero attached hydrogens (tertiary/aromatic N) is 3. The lowest BCUT2D eigenvalue weighted by molar-refractivity contribution is -0.116. The quantitative estimate of drug-likeness (QED) is 0.468. The number of nitrogens with one attached hydrogen (secondary N) is 1. The molecule has 0 aliphatic rings. The number of carbonyl (C=O) groups is 1. The van der Waals surface area contributed by atoms with Crippen molar-refractivity contribution >= 4 is 33.6 Å². The first kappa shape index (κ1) is 18.7. The summed E-state index contributed by atoms with van der Waals surface area (Å²) < 4.78 is 7.45. The van der Waals surface area contributed by atoms with Crippen LogP contribution in [0.15, 0.2) is 88.2 Å². The second-order valence-electron chi connectivity index (χ2n) is 7.11. The Balaban J connectivity index is 1.26. The van der Waals surface area contributed by atoms with Gasteiger partial charge in [-0.3, -0.25) is 14.3 Å². The van der Waals surface area contributed by atoms with Crippen LogP contribution in [0.5, 0.6) is 0 Å².